The molecule has 0 aliphatic carbocycles. The molecule has 0 bridgehead atoms. The molecule has 0 saturated carbocycles. The van der Waals surface area contributed by atoms with E-state index in [1.54, 1.807) is 13.0 Å². The summed E-state index contributed by atoms with van der Waals surface area (Å²) in [4.78, 5) is 3.02. The van der Waals surface area contributed by atoms with E-state index in [9.17, 15) is 21.6 Å². The number of alkyl halides is 3. The Morgan fingerprint density at radius 1 is 1.32 bits per heavy atom. The lowest BCUT2D eigenvalue weighted by Crippen LogP contribution is -2.11. The van der Waals surface area contributed by atoms with Gasteiger partial charge in [-0.05, 0) is 29.5 Å². The lowest BCUT2D eigenvalue weighted by molar-refractivity contribution is -0.144. The highest BCUT2D eigenvalue weighted by Crippen LogP contribution is 2.33. The van der Waals surface area contributed by atoms with E-state index in [4.69, 9.17) is 16.4 Å². The summed E-state index contributed by atoms with van der Waals surface area (Å²) in [6, 6.07) is 2.77. The van der Waals surface area contributed by atoms with Crippen LogP contribution in [0, 0.1) is 0 Å². The second-order valence-electron chi connectivity index (χ2n) is 5.67. The molecule has 11 heteroatoms. The Kier molecular flexibility index (Phi) is 5.06. The van der Waals surface area contributed by atoms with E-state index in [2.05, 4.69) is 10.1 Å². The Bertz CT molecular complexity index is 908. The third kappa shape index (κ3) is 3.90. The molecule has 0 aliphatic rings. The van der Waals surface area contributed by atoms with Crippen molar-refractivity contribution in [3.63, 3.8) is 0 Å². The van der Waals surface area contributed by atoms with Crippen LogP contribution in [0.2, 0.25) is 0 Å². The van der Waals surface area contributed by atoms with Gasteiger partial charge in [0, 0.05) is 10.7 Å². The van der Waals surface area contributed by atoms with Crippen LogP contribution in [0.3, 0.4) is 0 Å². The van der Waals surface area contributed by atoms with Gasteiger partial charge in [0.2, 0.25) is 5.95 Å². The fraction of sp³-hybridized carbons (Fsp3) is 0.429. The van der Waals surface area contributed by atoms with Gasteiger partial charge in [-0.15, -0.1) is 5.10 Å². The number of hydrogen-bond donors (Lipinski definition) is 1. The molecule has 2 rings (SSSR count). The third-order valence-corrected chi connectivity index (χ3v) is 4.99. The summed E-state index contributed by atoms with van der Waals surface area (Å²) >= 11 is 0. The zero-order valence-corrected chi connectivity index (χ0v) is 15.2. The summed E-state index contributed by atoms with van der Waals surface area (Å²) in [5.41, 5.74) is 6.70. The molecule has 6 nitrogen and oxygen atoms in total. The highest BCUT2D eigenvalue weighted by atomic mass is 35.7. The maximum absolute atomic E-state index is 12.8. The fourth-order valence-electron chi connectivity index (χ4n) is 2.40. The molecule has 1 heterocycles. The maximum atomic E-state index is 12.8. The average molecular weight is 397 g/mol. The highest BCUT2D eigenvalue weighted by Gasteiger charge is 2.37. The summed E-state index contributed by atoms with van der Waals surface area (Å²) in [7, 11) is 1.36. The van der Waals surface area contributed by atoms with E-state index < -0.39 is 27.0 Å². The van der Waals surface area contributed by atoms with Gasteiger partial charge in [0.25, 0.3) is 14.9 Å². The predicted molar refractivity (Wildman–Crippen MR) is 87.3 cm³/mol. The van der Waals surface area contributed by atoms with Gasteiger partial charge in [0.05, 0.1) is 10.6 Å². The number of halogens is 4. The van der Waals surface area contributed by atoms with Gasteiger partial charge in [0.1, 0.15) is 0 Å². The average Bonchev–Trinajstić information content (AvgIpc) is 2.86. The minimum atomic E-state index is -4.78. The van der Waals surface area contributed by atoms with Crippen LogP contribution in [-0.2, 0) is 21.6 Å². The first kappa shape index (κ1) is 19.5. The van der Waals surface area contributed by atoms with E-state index in [-0.39, 0.29) is 16.5 Å². The number of benzene rings is 1. The molecule has 2 aromatic rings. The van der Waals surface area contributed by atoms with Crippen LogP contribution < -0.4 is 5.73 Å². The van der Waals surface area contributed by atoms with E-state index in [1.165, 1.54) is 6.07 Å². The lowest BCUT2D eigenvalue weighted by atomic mass is 9.97. The first-order valence-electron chi connectivity index (χ1n) is 7.27. The van der Waals surface area contributed by atoms with Crippen LogP contribution >= 0.6 is 10.7 Å². The summed E-state index contributed by atoms with van der Waals surface area (Å²) in [5.74, 6) is -2.05. The first-order chi connectivity index (χ1) is 11.4. The number of nitrogen functional groups attached to an aromatic ring is 1. The van der Waals surface area contributed by atoms with Gasteiger partial charge in [-0.3, -0.25) is 0 Å². The van der Waals surface area contributed by atoms with Crippen molar-refractivity contribution in [1.29, 1.82) is 0 Å². The minimum Gasteiger partial charge on any atom is -0.368 e. The predicted octanol–water partition coefficient (Wildman–Crippen LogP) is 3.48. The second kappa shape index (κ2) is 6.49. The minimum absolute atomic E-state index is 0.0897. The molecule has 25 heavy (non-hydrogen) atoms. The van der Waals surface area contributed by atoms with Crippen LogP contribution in [0.25, 0.3) is 5.69 Å². The molecule has 0 atom stereocenters. The zero-order valence-electron chi connectivity index (χ0n) is 13.6. The van der Waals surface area contributed by atoms with Crippen LogP contribution in [0.15, 0.2) is 17.0 Å². The van der Waals surface area contributed by atoms with Crippen molar-refractivity contribution in [2.24, 2.45) is 0 Å². The molecule has 0 saturated heterocycles. The van der Waals surface area contributed by atoms with Crippen LogP contribution in [0.4, 0.5) is 19.1 Å². The number of aryl methyl sites for hydroxylation is 1. The molecular weight excluding hydrogens is 381 g/mol. The topological polar surface area (TPSA) is 90.9 Å². The smallest absolute Gasteiger partial charge is 0.368 e. The van der Waals surface area contributed by atoms with Crippen LogP contribution in [-0.4, -0.2) is 23.2 Å². The number of aromatic nitrogens is 3. The largest absolute Gasteiger partial charge is 0.453 e. The van der Waals surface area contributed by atoms with Gasteiger partial charge in [-0.25, -0.2) is 8.42 Å². The van der Waals surface area contributed by atoms with Gasteiger partial charge in [-0.2, -0.15) is 22.8 Å². The lowest BCUT2D eigenvalue weighted by Gasteiger charge is -2.17. The van der Waals surface area contributed by atoms with Gasteiger partial charge in [-0.1, -0.05) is 26.8 Å². The molecule has 1 aromatic carbocycles. The van der Waals surface area contributed by atoms with Crippen molar-refractivity contribution < 1.29 is 21.6 Å². The maximum Gasteiger partial charge on any atom is 0.453 e. The van der Waals surface area contributed by atoms with Crippen LogP contribution in [0.1, 0.15) is 43.6 Å². The van der Waals surface area contributed by atoms with Crippen molar-refractivity contribution in [3.05, 3.63) is 29.1 Å². The fourth-order valence-corrected chi connectivity index (χ4v) is 3.60. The van der Waals surface area contributed by atoms with E-state index >= 15 is 0 Å². The molecule has 0 amide bonds. The molecule has 138 valence electrons. The Morgan fingerprint density at radius 2 is 1.92 bits per heavy atom. The summed E-state index contributed by atoms with van der Waals surface area (Å²) in [6.45, 7) is 5.37. The Labute approximate surface area is 147 Å². The highest BCUT2D eigenvalue weighted by molar-refractivity contribution is 8.13. The summed E-state index contributed by atoms with van der Waals surface area (Å²) < 4.78 is 62.9. The standard InChI is InChI=1S/C14H16ClF3N4O2S/c1-4-8-5-9(7(2)3)10(6-11(8)25(15,23)24)22-13(19)20-12(21-22)14(16,17)18/h5-7H,4H2,1-3H3,(H2,19,20,21). The second-order valence-corrected chi connectivity index (χ2v) is 8.20. The molecule has 0 unspecified atom stereocenters. The monoisotopic (exact) mass is 396 g/mol. The first-order valence-corrected chi connectivity index (χ1v) is 9.58. The van der Waals surface area contributed by atoms with E-state index in [0.29, 0.717) is 17.5 Å². The van der Waals surface area contributed by atoms with Crippen LogP contribution in [0.5, 0.6) is 0 Å². The molecule has 0 aliphatic heterocycles. The number of rotatable bonds is 4. The van der Waals surface area contributed by atoms with Gasteiger partial charge >= 0.3 is 6.18 Å². The van der Waals surface area contributed by atoms with Crippen molar-refractivity contribution in [1.82, 2.24) is 14.8 Å². The van der Waals surface area contributed by atoms with E-state index in [1.807, 2.05) is 13.8 Å². The van der Waals surface area contributed by atoms with Crippen molar-refractivity contribution in [3.8, 4) is 5.69 Å². The van der Waals surface area contributed by atoms with Crippen molar-refractivity contribution in [2.75, 3.05) is 5.73 Å². The summed E-state index contributed by atoms with van der Waals surface area (Å²) in [6.07, 6.45) is -4.40. The number of nitrogens with zero attached hydrogens (tertiary/aromatic N) is 3. The molecule has 0 spiro atoms. The number of hydrogen-bond acceptors (Lipinski definition) is 5. The summed E-state index contributed by atoms with van der Waals surface area (Å²) in [5, 5.41) is 3.39. The quantitative estimate of drug-likeness (QED) is 0.799. The molecule has 0 radical (unpaired) electrons. The van der Waals surface area contributed by atoms with E-state index in [0.717, 1.165) is 4.68 Å². The molecular formula is C14H16ClF3N4O2S. The number of anilines is 1. The Hall–Kier alpha value is -1.81. The molecule has 1 aromatic heterocycles. The molecule has 2 N–H and O–H groups in total. The zero-order chi connectivity index (χ0) is 19.2. The van der Waals surface area contributed by atoms with Crippen molar-refractivity contribution in [2.45, 2.75) is 44.2 Å². The molecule has 0 fully saturated rings. The third-order valence-electron chi connectivity index (χ3n) is 3.59. The Balaban J connectivity index is 2.83. The van der Waals surface area contributed by atoms with Crippen molar-refractivity contribution >= 4 is 25.7 Å². The number of nitrogens with two attached hydrogens (primary N) is 1. The SMILES string of the molecule is CCc1cc(C(C)C)c(-n2nc(C(F)(F)F)nc2N)cc1S(=O)(=O)Cl. The normalized spacial score (nSPS) is 12.8. The van der Waals surface area contributed by atoms with Gasteiger partial charge < -0.3 is 5.73 Å². The van der Waals surface area contributed by atoms with Gasteiger partial charge in [0.15, 0.2) is 0 Å². The Morgan fingerprint density at radius 3 is 2.32 bits per heavy atom.